The van der Waals surface area contributed by atoms with Gasteiger partial charge in [-0.05, 0) is 18.9 Å². The molecule has 2 aliphatic rings. The van der Waals surface area contributed by atoms with Crippen LogP contribution in [0.2, 0.25) is 0 Å². The Morgan fingerprint density at radius 1 is 1.30 bits per heavy atom. The van der Waals surface area contributed by atoms with E-state index in [1.54, 1.807) is 0 Å². The van der Waals surface area contributed by atoms with E-state index in [0.29, 0.717) is 0 Å². The fourth-order valence-corrected chi connectivity index (χ4v) is 4.73. The minimum atomic E-state index is -4.33. The van der Waals surface area contributed by atoms with E-state index in [0.717, 1.165) is 8.61 Å². The van der Waals surface area contributed by atoms with Crippen LogP contribution in [0.3, 0.4) is 0 Å². The second-order valence-corrected chi connectivity index (χ2v) is 8.04. The molecule has 2 aliphatic heterocycles. The van der Waals surface area contributed by atoms with Crippen molar-refractivity contribution in [2.45, 2.75) is 19.0 Å². The lowest BCUT2D eigenvalue weighted by molar-refractivity contribution is -0.182. The first-order valence-corrected chi connectivity index (χ1v) is 9.60. The van der Waals surface area contributed by atoms with E-state index in [-0.39, 0.29) is 56.2 Å². The summed E-state index contributed by atoms with van der Waals surface area (Å²) in [7, 11) is -2.91. The number of rotatable bonds is 3. The first kappa shape index (κ1) is 19.7. The summed E-state index contributed by atoms with van der Waals surface area (Å²) in [5.41, 5.74) is 0.0971. The van der Waals surface area contributed by atoms with E-state index in [1.165, 1.54) is 19.4 Å². The number of piperidine rings is 1. The van der Waals surface area contributed by atoms with Crippen molar-refractivity contribution >= 4 is 21.9 Å². The Balaban J connectivity index is 1.86. The summed E-state index contributed by atoms with van der Waals surface area (Å²) >= 11 is 0. The van der Waals surface area contributed by atoms with Crippen LogP contribution >= 0.6 is 0 Å². The van der Waals surface area contributed by atoms with E-state index in [1.807, 2.05) is 0 Å². The largest absolute Gasteiger partial charge is 0.474 e. The fraction of sp³-hybridized carbons (Fsp3) is 0.600. The zero-order chi connectivity index (χ0) is 19.8. The summed E-state index contributed by atoms with van der Waals surface area (Å²) in [6, 6.07) is 1.29. The van der Waals surface area contributed by atoms with Crippen LogP contribution in [0.25, 0.3) is 0 Å². The standard InChI is InChI=1S/C15H18F3N3O5S/c1-25-14(22)10-8-12-13(19-9-10)26-7-6-21(12)27(23,24)20-4-2-11(3-5-20)15(16,17)18/h8-9,11H,2-7H2,1H3. The number of pyridine rings is 1. The Morgan fingerprint density at radius 2 is 1.96 bits per heavy atom. The molecule has 27 heavy (non-hydrogen) atoms. The SMILES string of the molecule is COC(=O)c1cnc2c(c1)N(S(=O)(=O)N1CCC(C(F)(F)F)CC1)CCO2. The monoisotopic (exact) mass is 409 g/mol. The molecule has 0 N–H and O–H groups in total. The molecule has 8 nitrogen and oxygen atoms in total. The molecule has 1 aromatic rings. The average Bonchev–Trinajstić information content (AvgIpc) is 2.65. The highest BCUT2D eigenvalue weighted by molar-refractivity contribution is 7.90. The van der Waals surface area contributed by atoms with Gasteiger partial charge in [-0.1, -0.05) is 0 Å². The Bertz CT molecular complexity index is 822. The van der Waals surface area contributed by atoms with Gasteiger partial charge < -0.3 is 9.47 Å². The van der Waals surface area contributed by atoms with E-state index in [2.05, 4.69) is 9.72 Å². The third-order valence-corrected chi connectivity index (χ3v) is 6.53. The Morgan fingerprint density at radius 3 is 2.56 bits per heavy atom. The number of anilines is 1. The van der Waals surface area contributed by atoms with Gasteiger partial charge in [0.2, 0.25) is 5.88 Å². The second kappa shape index (κ2) is 7.15. The maximum atomic E-state index is 13.0. The molecule has 3 rings (SSSR count). The van der Waals surface area contributed by atoms with E-state index in [9.17, 15) is 26.4 Å². The van der Waals surface area contributed by atoms with Crippen LogP contribution in [0.1, 0.15) is 23.2 Å². The van der Waals surface area contributed by atoms with Crippen molar-refractivity contribution in [3.8, 4) is 5.88 Å². The summed E-state index contributed by atoms with van der Waals surface area (Å²) < 4.78 is 76.4. The van der Waals surface area contributed by atoms with Gasteiger partial charge >= 0.3 is 22.4 Å². The summed E-state index contributed by atoms with van der Waals surface area (Å²) in [4.78, 5) is 15.6. The Labute approximate surface area is 154 Å². The van der Waals surface area contributed by atoms with Crippen molar-refractivity contribution in [3.63, 3.8) is 0 Å². The smallest absolute Gasteiger partial charge is 0.391 e. The maximum Gasteiger partial charge on any atom is 0.391 e. The van der Waals surface area contributed by atoms with Crippen LogP contribution in [0, 0.1) is 5.92 Å². The van der Waals surface area contributed by atoms with Crippen molar-refractivity contribution in [1.29, 1.82) is 0 Å². The number of fused-ring (bicyclic) bond motifs is 1. The molecule has 0 atom stereocenters. The predicted octanol–water partition coefficient (Wildman–Crippen LogP) is 1.59. The highest BCUT2D eigenvalue weighted by atomic mass is 32.2. The number of ether oxygens (including phenoxy) is 2. The van der Waals surface area contributed by atoms with Gasteiger partial charge in [0, 0.05) is 19.3 Å². The summed E-state index contributed by atoms with van der Waals surface area (Å²) in [6.45, 7) is -0.469. The zero-order valence-electron chi connectivity index (χ0n) is 14.4. The highest BCUT2D eigenvalue weighted by Gasteiger charge is 2.44. The quantitative estimate of drug-likeness (QED) is 0.705. The summed E-state index contributed by atoms with van der Waals surface area (Å²) in [5, 5.41) is 0. The molecule has 0 radical (unpaired) electrons. The van der Waals surface area contributed by atoms with Gasteiger partial charge in [0.15, 0.2) is 0 Å². The first-order valence-electron chi connectivity index (χ1n) is 8.20. The number of halogens is 3. The average molecular weight is 409 g/mol. The molecule has 0 amide bonds. The number of methoxy groups -OCH3 is 1. The van der Waals surface area contributed by atoms with Gasteiger partial charge in [0.05, 0.1) is 25.1 Å². The number of hydrogen-bond acceptors (Lipinski definition) is 6. The zero-order valence-corrected chi connectivity index (χ0v) is 15.2. The summed E-state index contributed by atoms with van der Waals surface area (Å²) in [6.07, 6.45) is -3.71. The third-order valence-electron chi connectivity index (χ3n) is 4.58. The molecule has 0 aromatic carbocycles. The van der Waals surface area contributed by atoms with E-state index >= 15 is 0 Å². The molecule has 0 aliphatic carbocycles. The molecule has 0 bridgehead atoms. The van der Waals surface area contributed by atoms with Gasteiger partial charge in [-0.2, -0.15) is 25.9 Å². The topological polar surface area (TPSA) is 89.0 Å². The molecular formula is C15H18F3N3O5S. The van der Waals surface area contributed by atoms with Crippen molar-refractivity contribution in [3.05, 3.63) is 17.8 Å². The number of esters is 1. The molecule has 0 spiro atoms. The van der Waals surface area contributed by atoms with Crippen molar-refractivity contribution < 1.29 is 35.9 Å². The molecule has 1 saturated heterocycles. The van der Waals surface area contributed by atoms with E-state index in [4.69, 9.17) is 4.74 Å². The molecular weight excluding hydrogens is 391 g/mol. The molecule has 1 fully saturated rings. The predicted molar refractivity (Wildman–Crippen MR) is 87.7 cm³/mol. The molecule has 150 valence electrons. The van der Waals surface area contributed by atoms with Crippen molar-refractivity contribution in [2.75, 3.05) is 37.7 Å². The Hall–Kier alpha value is -2.08. The van der Waals surface area contributed by atoms with Crippen LogP contribution in [0.5, 0.6) is 5.88 Å². The number of alkyl halides is 3. The number of aromatic nitrogens is 1. The van der Waals surface area contributed by atoms with Gasteiger partial charge in [-0.25, -0.2) is 14.1 Å². The van der Waals surface area contributed by atoms with Gasteiger partial charge in [0.25, 0.3) is 0 Å². The lowest BCUT2D eigenvalue weighted by atomic mass is 9.98. The molecule has 3 heterocycles. The molecule has 1 aromatic heterocycles. The highest BCUT2D eigenvalue weighted by Crippen LogP contribution is 2.37. The van der Waals surface area contributed by atoms with E-state index < -0.39 is 28.3 Å². The van der Waals surface area contributed by atoms with Crippen LogP contribution in [0.4, 0.5) is 18.9 Å². The number of nitrogens with zero attached hydrogens (tertiary/aromatic N) is 3. The molecule has 12 heteroatoms. The fourth-order valence-electron chi connectivity index (χ4n) is 3.10. The normalized spacial score (nSPS) is 19.3. The third kappa shape index (κ3) is 3.81. The number of hydrogen-bond donors (Lipinski definition) is 0. The van der Waals surface area contributed by atoms with Crippen LogP contribution < -0.4 is 9.04 Å². The van der Waals surface area contributed by atoms with Crippen molar-refractivity contribution in [1.82, 2.24) is 9.29 Å². The Kier molecular flexibility index (Phi) is 5.21. The van der Waals surface area contributed by atoms with Crippen LogP contribution in [0.15, 0.2) is 12.3 Å². The van der Waals surface area contributed by atoms with Crippen LogP contribution in [-0.2, 0) is 14.9 Å². The maximum absolute atomic E-state index is 13.0. The van der Waals surface area contributed by atoms with Crippen LogP contribution in [-0.4, -0.2) is 63.2 Å². The lowest BCUT2D eigenvalue weighted by Crippen LogP contribution is -2.50. The minimum absolute atomic E-state index is 0.0302. The first-order chi connectivity index (χ1) is 12.6. The van der Waals surface area contributed by atoms with Gasteiger partial charge in [-0.3, -0.25) is 0 Å². The van der Waals surface area contributed by atoms with Crippen molar-refractivity contribution in [2.24, 2.45) is 5.92 Å². The summed E-state index contributed by atoms with van der Waals surface area (Å²) in [5.74, 6) is -2.17. The molecule has 0 saturated carbocycles. The number of carbonyl (C=O) groups excluding carboxylic acids is 1. The lowest BCUT2D eigenvalue weighted by Gasteiger charge is -2.37. The minimum Gasteiger partial charge on any atom is -0.474 e. The van der Waals surface area contributed by atoms with Gasteiger partial charge in [0.1, 0.15) is 12.3 Å². The second-order valence-electron chi connectivity index (χ2n) is 6.18. The number of carbonyl (C=O) groups is 1. The molecule has 0 unspecified atom stereocenters. The van der Waals surface area contributed by atoms with Gasteiger partial charge in [-0.15, -0.1) is 0 Å².